The number of thioether (sulfide) groups is 1. The topological polar surface area (TPSA) is 63.2 Å². The number of carbonyl (C=O) groups excluding carboxylic acids is 1. The minimum absolute atomic E-state index is 0.225. The van der Waals surface area contributed by atoms with Gasteiger partial charge in [-0.1, -0.05) is 42.2 Å². The van der Waals surface area contributed by atoms with E-state index in [1.165, 1.54) is 11.8 Å². The van der Waals surface area contributed by atoms with Crippen molar-refractivity contribution in [3.05, 3.63) is 54.0 Å². The first-order valence-electron chi connectivity index (χ1n) is 7.57. The summed E-state index contributed by atoms with van der Waals surface area (Å²) in [5, 5.41) is 9.64. The van der Waals surface area contributed by atoms with Gasteiger partial charge in [0.05, 0.1) is 29.1 Å². The largest absolute Gasteiger partial charge is 0.469 e. The first-order chi connectivity index (χ1) is 11.7. The Labute approximate surface area is 149 Å². The summed E-state index contributed by atoms with van der Waals surface area (Å²) < 4.78 is 11.4. The SMILES string of the molecule is CCOC(=O)[C@@H](C#N)[C@H](c1ccco1)[C@H]1C(=S)Sc2ccccc21. The molecule has 3 atom stereocenters. The molecule has 1 aliphatic heterocycles. The number of carbonyl (C=O) groups is 1. The van der Waals surface area contributed by atoms with Crippen LogP contribution in [0.25, 0.3) is 0 Å². The van der Waals surface area contributed by atoms with Crippen molar-refractivity contribution in [3.8, 4) is 6.07 Å². The number of furan rings is 1. The zero-order valence-corrected chi connectivity index (χ0v) is 14.6. The Hall–Kier alpha value is -2.10. The third-order valence-electron chi connectivity index (χ3n) is 3.99. The molecule has 0 aliphatic carbocycles. The molecule has 0 radical (unpaired) electrons. The molecule has 0 spiro atoms. The minimum Gasteiger partial charge on any atom is -0.469 e. The molecule has 0 amide bonds. The molecule has 4 nitrogen and oxygen atoms in total. The van der Waals surface area contributed by atoms with Gasteiger partial charge in [0, 0.05) is 10.8 Å². The summed E-state index contributed by atoms with van der Waals surface area (Å²) >= 11 is 7.08. The summed E-state index contributed by atoms with van der Waals surface area (Å²) in [5.41, 5.74) is 1.03. The number of ether oxygens (including phenoxy) is 1. The average Bonchev–Trinajstić information content (AvgIpc) is 3.20. The van der Waals surface area contributed by atoms with Gasteiger partial charge in [-0.3, -0.25) is 4.79 Å². The van der Waals surface area contributed by atoms with Crippen molar-refractivity contribution < 1.29 is 13.9 Å². The van der Waals surface area contributed by atoms with Crippen LogP contribution in [0.1, 0.15) is 30.1 Å². The van der Waals surface area contributed by atoms with E-state index in [9.17, 15) is 10.1 Å². The van der Waals surface area contributed by atoms with E-state index in [0.29, 0.717) is 5.76 Å². The lowest BCUT2D eigenvalue weighted by Gasteiger charge is -2.25. The molecule has 3 rings (SSSR count). The molecule has 24 heavy (non-hydrogen) atoms. The molecule has 1 aromatic heterocycles. The molecule has 0 saturated carbocycles. The molecule has 122 valence electrons. The highest BCUT2D eigenvalue weighted by atomic mass is 32.2. The lowest BCUT2D eigenvalue weighted by molar-refractivity contribution is -0.146. The number of hydrogen-bond donors (Lipinski definition) is 0. The lowest BCUT2D eigenvalue weighted by Crippen LogP contribution is -2.28. The summed E-state index contributed by atoms with van der Waals surface area (Å²) in [7, 11) is 0. The van der Waals surface area contributed by atoms with Gasteiger partial charge in [0.25, 0.3) is 0 Å². The van der Waals surface area contributed by atoms with Gasteiger partial charge in [0.15, 0.2) is 5.92 Å². The summed E-state index contributed by atoms with van der Waals surface area (Å²) in [6.45, 7) is 1.95. The summed E-state index contributed by atoms with van der Waals surface area (Å²) in [6.07, 6.45) is 1.54. The molecular formula is C18H15NO3S2. The van der Waals surface area contributed by atoms with Gasteiger partial charge >= 0.3 is 5.97 Å². The number of benzene rings is 1. The Kier molecular flexibility index (Phi) is 5.03. The van der Waals surface area contributed by atoms with E-state index in [1.807, 2.05) is 24.3 Å². The van der Waals surface area contributed by atoms with Crippen LogP contribution in [0.5, 0.6) is 0 Å². The highest BCUT2D eigenvalue weighted by Crippen LogP contribution is 2.51. The maximum absolute atomic E-state index is 12.3. The molecule has 1 aliphatic rings. The Morgan fingerprint density at radius 1 is 1.42 bits per heavy atom. The monoisotopic (exact) mass is 357 g/mol. The number of fused-ring (bicyclic) bond motifs is 1. The van der Waals surface area contributed by atoms with Crippen LogP contribution in [0, 0.1) is 17.2 Å². The zero-order valence-electron chi connectivity index (χ0n) is 13.0. The zero-order chi connectivity index (χ0) is 17.1. The Morgan fingerprint density at radius 2 is 2.21 bits per heavy atom. The number of esters is 1. The number of nitrogens with zero attached hydrogens (tertiary/aromatic N) is 1. The fourth-order valence-corrected chi connectivity index (χ4v) is 4.60. The predicted molar refractivity (Wildman–Crippen MR) is 94.8 cm³/mol. The molecule has 0 bridgehead atoms. The molecule has 0 N–H and O–H groups in total. The second-order valence-electron chi connectivity index (χ2n) is 5.34. The van der Waals surface area contributed by atoms with E-state index >= 15 is 0 Å². The fraction of sp³-hybridized carbons (Fsp3) is 0.278. The summed E-state index contributed by atoms with van der Waals surface area (Å²) in [6, 6.07) is 13.5. The fourth-order valence-electron chi connectivity index (χ4n) is 2.98. The van der Waals surface area contributed by atoms with Crippen molar-refractivity contribution in [3.63, 3.8) is 0 Å². The Balaban J connectivity index is 2.08. The van der Waals surface area contributed by atoms with Crippen molar-refractivity contribution in [2.75, 3.05) is 6.61 Å². The molecule has 0 saturated heterocycles. The van der Waals surface area contributed by atoms with Gasteiger partial charge in [-0.15, -0.1) is 0 Å². The second-order valence-corrected chi connectivity index (χ2v) is 7.12. The molecular weight excluding hydrogens is 342 g/mol. The van der Waals surface area contributed by atoms with E-state index in [-0.39, 0.29) is 12.5 Å². The summed E-state index contributed by atoms with van der Waals surface area (Å²) in [4.78, 5) is 13.4. The second kappa shape index (κ2) is 7.20. The van der Waals surface area contributed by atoms with Crippen LogP contribution < -0.4 is 0 Å². The molecule has 0 fully saturated rings. The van der Waals surface area contributed by atoms with E-state index in [2.05, 4.69) is 6.07 Å². The van der Waals surface area contributed by atoms with Gasteiger partial charge in [-0.25, -0.2) is 0 Å². The number of hydrogen-bond acceptors (Lipinski definition) is 6. The van der Waals surface area contributed by atoms with Crippen LogP contribution in [0.4, 0.5) is 0 Å². The third kappa shape index (κ3) is 2.97. The molecule has 0 unspecified atom stereocenters. The number of nitriles is 1. The molecule has 2 heterocycles. The van der Waals surface area contributed by atoms with Gasteiger partial charge in [-0.05, 0) is 30.7 Å². The molecule has 1 aromatic carbocycles. The van der Waals surface area contributed by atoms with E-state index in [1.54, 1.807) is 25.3 Å². The van der Waals surface area contributed by atoms with Crippen LogP contribution in [0.2, 0.25) is 0 Å². The highest BCUT2D eigenvalue weighted by molar-refractivity contribution is 8.23. The minimum atomic E-state index is -0.981. The first-order valence-corrected chi connectivity index (χ1v) is 8.80. The standard InChI is InChI=1S/C18H15NO3S2/c1-2-21-17(20)12(10-19)15(13-7-5-9-22-13)16-11-6-3-4-8-14(11)24-18(16)23/h3-9,12,15-16H,2H2,1H3/t12-,15+,16-/m0/s1. The number of thiocarbonyl (C=S) groups is 1. The van der Waals surface area contributed by atoms with Crippen molar-refractivity contribution in [2.45, 2.75) is 23.7 Å². The Morgan fingerprint density at radius 3 is 2.88 bits per heavy atom. The van der Waals surface area contributed by atoms with Crippen molar-refractivity contribution in [1.82, 2.24) is 0 Å². The van der Waals surface area contributed by atoms with Crippen LogP contribution in [-0.4, -0.2) is 16.8 Å². The third-order valence-corrected chi connectivity index (χ3v) is 5.54. The van der Waals surface area contributed by atoms with Crippen LogP contribution in [-0.2, 0) is 9.53 Å². The molecule has 2 aromatic rings. The van der Waals surface area contributed by atoms with E-state index < -0.39 is 17.8 Å². The first kappa shape index (κ1) is 16.7. The van der Waals surface area contributed by atoms with Gasteiger partial charge in [0.2, 0.25) is 0 Å². The van der Waals surface area contributed by atoms with E-state index in [4.69, 9.17) is 21.4 Å². The van der Waals surface area contributed by atoms with Crippen molar-refractivity contribution >= 4 is 34.1 Å². The highest BCUT2D eigenvalue weighted by Gasteiger charge is 2.44. The smallest absolute Gasteiger partial charge is 0.324 e. The Bertz CT molecular complexity index is 795. The normalized spacial score (nSPS) is 18.5. The quantitative estimate of drug-likeness (QED) is 0.588. The van der Waals surface area contributed by atoms with Gasteiger partial charge < -0.3 is 9.15 Å². The summed E-state index contributed by atoms with van der Waals surface area (Å²) in [5.74, 6) is -1.71. The van der Waals surface area contributed by atoms with Gasteiger partial charge in [0.1, 0.15) is 5.76 Å². The lowest BCUT2D eigenvalue weighted by atomic mass is 9.77. The predicted octanol–water partition coefficient (Wildman–Crippen LogP) is 4.28. The number of rotatable bonds is 5. The van der Waals surface area contributed by atoms with Crippen LogP contribution >= 0.6 is 24.0 Å². The van der Waals surface area contributed by atoms with Crippen molar-refractivity contribution in [1.29, 1.82) is 5.26 Å². The van der Waals surface area contributed by atoms with E-state index in [0.717, 1.165) is 14.7 Å². The van der Waals surface area contributed by atoms with Crippen molar-refractivity contribution in [2.24, 2.45) is 5.92 Å². The average molecular weight is 357 g/mol. The van der Waals surface area contributed by atoms with Crippen LogP contribution in [0.3, 0.4) is 0 Å². The molecule has 6 heteroatoms. The maximum Gasteiger partial charge on any atom is 0.324 e. The van der Waals surface area contributed by atoms with Crippen LogP contribution in [0.15, 0.2) is 52.0 Å². The maximum atomic E-state index is 12.3. The van der Waals surface area contributed by atoms with Gasteiger partial charge in [-0.2, -0.15) is 5.26 Å².